The number of halogens is 4. The molecule has 0 aliphatic carbocycles. The fourth-order valence-corrected chi connectivity index (χ4v) is 29.5. The maximum atomic E-state index is 13.7. The summed E-state index contributed by atoms with van der Waals surface area (Å²) in [6.45, 7) is 10.7. The first-order chi connectivity index (χ1) is 13.0. The van der Waals surface area contributed by atoms with Crippen LogP contribution in [0.2, 0.25) is 0 Å². The summed E-state index contributed by atoms with van der Waals surface area (Å²) in [5, 5.41) is 0. The van der Waals surface area contributed by atoms with Gasteiger partial charge < -0.3 is 0 Å². The van der Waals surface area contributed by atoms with E-state index >= 15 is 0 Å². The second-order valence-electron chi connectivity index (χ2n) is 8.56. The van der Waals surface area contributed by atoms with Gasteiger partial charge >= 0.3 is 173 Å². The predicted molar refractivity (Wildman–Crippen MR) is 120 cm³/mol. The quantitative estimate of drug-likeness (QED) is 0.245. The molecule has 0 aromatic heterocycles. The van der Waals surface area contributed by atoms with Crippen molar-refractivity contribution in [3.8, 4) is 0 Å². The zero-order valence-corrected chi connectivity index (χ0v) is 20.4. The van der Waals surface area contributed by atoms with Crippen molar-refractivity contribution in [2.45, 2.75) is 53.9 Å². The van der Waals surface area contributed by atoms with Crippen molar-refractivity contribution < 1.29 is 24.1 Å². The molecular formula is C21H28F3IO3S. The van der Waals surface area contributed by atoms with Crippen LogP contribution in [0.3, 0.4) is 0 Å². The molecule has 0 heterocycles. The van der Waals surface area contributed by atoms with Crippen LogP contribution in [0.15, 0.2) is 60.7 Å². The molecule has 0 fully saturated rings. The van der Waals surface area contributed by atoms with Gasteiger partial charge in [-0.05, 0) is 0 Å². The van der Waals surface area contributed by atoms with Crippen molar-refractivity contribution in [2.24, 2.45) is 0 Å². The SMILES string of the molecule is CC(C)(C)I(OS(=O)(=O)C(F)(F)F)(c1ccccc1)(c1ccccc1)C(C)(C)C. The molecule has 2 aromatic carbocycles. The zero-order valence-electron chi connectivity index (χ0n) is 17.4. The van der Waals surface area contributed by atoms with E-state index < -0.39 is 39.9 Å². The van der Waals surface area contributed by atoms with Crippen LogP contribution in [0, 0.1) is 7.14 Å². The summed E-state index contributed by atoms with van der Waals surface area (Å²) in [6.07, 6.45) is 0. The molecule has 8 heteroatoms. The minimum atomic E-state index is -5.89. The molecule has 0 atom stereocenters. The molecule has 0 N–H and O–H groups in total. The molecule has 29 heavy (non-hydrogen) atoms. The Morgan fingerprint density at radius 3 is 1.24 bits per heavy atom. The summed E-state index contributed by atoms with van der Waals surface area (Å²) in [5.41, 5.74) is -5.53. The third kappa shape index (κ3) is 3.31. The van der Waals surface area contributed by atoms with Crippen molar-refractivity contribution in [1.82, 2.24) is 0 Å². The molecule has 0 spiro atoms. The van der Waals surface area contributed by atoms with Gasteiger partial charge in [0.25, 0.3) is 0 Å². The number of benzene rings is 2. The van der Waals surface area contributed by atoms with Gasteiger partial charge in [0.2, 0.25) is 0 Å². The first kappa shape index (κ1) is 24.1. The molecule has 3 nitrogen and oxygen atoms in total. The Bertz CT molecular complexity index is 901. The maximum absolute atomic E-state index is 13.7. The number of hydrogen-bond acceptors (Lipinski definition) is 3. The van der Waals surface area contributed by atoms with E-state index in [9.17, 15) is 21.6 Å². The Kier molecular flexibility index (Phi) is 6.02. The Morgan fingerprint density at radius 2 is 1.00 bits per heavy atom. The monoisotopic (exact) mass is 544 g/mol. The molecule has 2 rings (SSSR count). The molecule has 0 bridgehead atoms. The van der Waals surface area contributed by atoms with Gasteiger partial charge in [0, 0.05) is 0 Å². The average Bonchev–Trinajstić information content (AvgIpc) is 2.58. The van der Waals surface area contributed by atoms with E-state index in [0.29, 0.717) is 7.14 Å². The molecule has 0 saturated heterocycles. The molecule has 0 saturated carbocycles. The van der Waals surface area contributed by atoms with Crippen LogP contribution in [0.1, 0.15) is 41.5 Å². The van der Waals surface area contributed by atoms with Gasteiger partial charge in [-0.15, -0.1) is 0 Å². The van der Waals surface area contributed by atoms with Gasteiger partial charge in [0.05, 0.1) is 0 Å². The Labute approximate surface area is 173 Å². The minimum absolute atomic E-state index is 0.511. The van der Waals surface area contributed by atoms with Crippen LogP contribution in [-0.4, -0.2) is 20.8 Å². The summed E-state index contributed by atoms with van der Waals surface area (Å²) in [4.78, 5) is 0. The number of rotatable bonds is 4. The molecule has 2 aromatic rings. The van der Waals surface area contributed by atoms with Crippen molar-refractivity contribution >= 4 is 27.6 Å². The molecule has 0 aliphatic rings. The van der Waals surface area contributed by atoms with Crippen LogP contribution >= 0.6 is 17.5 Å². The van der Waals surface area contributed by atoms with Gasteiger partial charge in [-0.3, -0.25) is 0 Å². The average molecular weight is 544 g/mol. The van der Waals surface area contributed by atoms with Crippen LogP contribution in [0.4, 0.5) is 13.2 Å². The summed E-state index contributed by atoms with van der Waals surface area (Å²) in [6, 6.07) is 17.1. The van der Waals surface area contributed by atoms with E-state index in [0.717, 1.165) is 0 Å². The van der Waals surface area contributed by atoms with E-state index in [1.165, 1.54) is 0 Å². The van der Waals surface area contributed by atoms with Crippen molar-refractivity contribution in [1.29, 1.82) is 0 Å². The van der Waals surface area contributed by atoms with Crippen molar-refractivity contribution in [2.75, 3.05) is 0 Å². The van der Waals surface area contributed by atoms with Crippen molar-refractivity contribution in [3.63, 3.8) is 0 Å². The predicted octanol–water partition coefficient (Wildman–Crippen LogP) is 6.68. The van der Waals surface area contributed by atoms with Crippen LogP contribution < -0.4 is 0 Å². The van der Waals surface area contributed by atoms with Crippen LogP contribution in [0.5, 0.6) is 0 Å². The Morgan fingerprint density at radius 1 is 0.690 bits per heavy atom. The van der Waals surface area contributed by atoms with Gasteiger partial charge in [0.15, 0.2) is 0 Å². The topological polar surface area (TPSA) is 43.4 Å². The summed E-state index contributed by atoms with van der Waals surface area (Å²) < 4.78 is 71.1. The molecule has 164 valence electrons. The van der Waals surface area contributed by atoms with E-state index in [2.05, 4.69) is 0 Å². The molecule has 0 amide bonds. The molecule has 0 unspecified atom stereocenters. The standard InChI is InChI=1S/C21H28F3IO3S/c1-19(2,3)25(20(4,5)6,17-13-9-7-10-14-17,18-15-11-8-12-16-18)28-29(26,27)21(22,23)24/h7-16H,1-6H3. The van der Waals surface area contributed by atoms with Gasteiger partial charge in [-0.2, -0.15) is 0 Å². The first-order valence-electron chi connectivity index (χ1n) is 9.00. The molecule has 0 radical (unpaired) electrons. The van der Waals surface area contributed by atoms with Gasteiger partial charge in [-0.1, -0.05) is 0 Å². The normalized spacial score (nSPS) is 15.6. The molecule has 0 aliphatic heterocycles. The van der Waals surface area contributed by atoms with Crippen LogP contribution in [0.25, 0.3) is 0 Å². The number of hydrogen-bond donors (Lipinski definition) is 0. The van der Waals surface area contributed by atoms with Gasteiger partial charge in [-0.25, -0.2) is 0 Å². The van der Waals surface area contributed by atoms with Crippen molar-refractivity contribution in [3.05, 3.63) is 67.8 Å². The van der Waals surface area contributed by atoms with E-state index in [-0.39, 0.29) is 0 Å². The first-order valence-corrected chi connectivity index (χ1v) is 15.6. The summed E-state index contributed by atoms with van der Waals surface area (Å²) in [7, 11) is -5.89. The van der Waals surface area contributed by atoms with Gasteiger partial charge in [0.1, 0.15) is 0 Å². The van der Waals surface area contributed by atoms with E-state index in [1.54, 1.807) is 102 Å². The molecular weight excluding hydrogens is 516 g/mol. The Balaban J connectivity index is 3.24. The van der Waals surface area contributed by atoms with E-state index in [1.807, 2.05) is 0 Å². The number of alkyl halides is 5. The second-order valence-corrected chi connectivity index (χ2v) is 25.1. The third-order valence-electron chi connectivity index (χ3n) is 4.96. The van der Waals surface area contributed by atoms with E-state index in [4.69, 9.17) is 2.51 Å². The third-order valence-corrected chi connectivity index (χ3v) is 28.1. The zero-order chi connectivity index (χ0) is 22.4. The second kappa shape index (κ2) is 7.23. The fraction of sp³-hybridized carbons (Fsp3) is 0.429. The summed E-state index contributed by atoms with van der Waals surface area (Å²) >= 11 is -5.49. The Hall–Kier alpha value is -1.13. The summed E-state index contributed by atoms with van der Waals surface area (Å²) in [5.74, 6) is 0. The van der Waals surface area contributed by atoms with Crippen LogP contribution in [-0.2, 0) is 12.6 Å². The fourth-order valence-electron chi connectivity index (χ4n) is 4.06.